The molecule has 3 N–H and O–H groups in total. The van der Waals surface area contributed by atoms with Gasteiger partial charge in [0, 0.05) is 11.8 Å². The molecule has 0 spiro atoms. The molecule has 0 unspecified atom stereocenters. The van der Waals surface area contributed by atoms with E-state index < -0.39 is 11.8 Å². The monoisotopic (exact) mass is 271 g/mol. The van der Waals surface area contributed by atoms with Gasteiger partial charge in [-0.2, -0.15) is 5.26 Å². The zero-order valence-electron chi connectivity index (χ0n) is 10.2. The molecule has 100 valence electrons. The Morgan fingerprint density at radius 3 is 2.70 bits per heavy atom. The second kappa shape index (κ2) is 5.71. The van der Waals surface area contributed by atoms with Crippen molar-refractivity contribution in [2.45, 2.75) is 0 Å². The number of nitrogens with zero attached hydrogens (tertiary/aromatic N) is 1. The Balaban J connectivity index is 2.07. The van der Waals surface area contributed by atoms with E-state index >= 15 is 0 Å². The highest BCUT2D eigenvalue weighted by molar-refractivity contribution is 5.99. The molecule has 0 aliphatic heterocycles. The number of phenolic OH excluding ortho intramolecular Hbond substituents is 1. The highest BCUT2D eigenvalue weighted by atomic mass is 19.1. The Bertz CT molecular complexity index is 695. The third-order valence-electron chi connectivity index (χ3n) is 2.45. The Kier molecular flexibility index (Phi) is 3.82. The van der Waals surface area contributed by atoms with E-state index in [2.05, 4.69) is 10.6 Å². The van der Waals surface area contributed by atoms with E-state index in [1.54, 1.807) is 18.2 Å². The average molecular weight is 271 g/mol. The Labute approximate surface area is 114 Å². The standard InChI is InChI=1S/C14H10FN3O2/c15-12-7-11(19)4-5-13(12)18-14(20)17-10-3-1-2-9(6-10)8-16/h1-7,19H,(H2,17,18,20). The van der Waals surface area contributed by atoms with Crippen LogP contribution in [0.4, 0.5) is 20.6 Å². The number of benzene rings is 2. The maximum absolute atomic E-state index is 13.4. The number of hydrogen-bond donors (Lipinski definition) is 3. The number of carbonyl (C=O) groups is 1. The summed E-state index contributed by atoms with van der Waals surface area (Å²) in [6, 6.07) is 11.0. The van der Waals surface area contributed by atoms with Gasteiger partial charge in [0.25, 0.3) is 0 Å². The van der Waals surface area contributed by atoms with Crippen LogP contribution in [0.15, 0.2) is 42.5 Å². The van der Waals surface area contributed by atoms with E-state index in [0.29, 0.717) is 11.3 Å². The van der Waals surface area contributed by atoms with Crippen molar-refractivity contribution in [2.24, 2.45) is 0 Å². The molecule has 0 radical (unpaired) electrons. The van der Waals surface area contributed by atoms with Gasteiger partial charge in [-0.3, -0.25) is 0 Å². The van der Waals surface area contributed by atoms with Gasteiger partial charge in [-0.05, 0) is 30.3 Å². The number of nitrogens with one attached hydrogen (secondary N) is 2. The minimum atomic E-state index is -0.745. The molecule has 5 nitrogen and oxygen atoms in total. The largest absolute Gasteiger partial charge is 0.508 e. The molecule has 2 amide bonds. The van der Waals surface area contributed by atoms with Crippen molar-refractivity contribution in [1.29, 1.82) is 5.26 Å². The summed E-state index contributed by atoms with van der Waals surface area (Å²) in [5, 5.41) is 22.6. The van der Waals surface area contributed by atoms with Gasteiger partial charge in [0.1, 0.15) is 11.6 Å². The molecular weight excluding hydrogens is 261 g/mol. The van der Waals surface area contributed by atoms with E-state index in [1.165, 1.54) is 18.2 Å². The molecule has 0 fully saturated rings. The SMILES string of the molecule is N#Cc1cccc(NC(=O)Nc2ccc(O)cc2F)c1. The van der Waals surface area contributed by atoms with Crippen LogP contribution >= 0.6 is 0 Å². The molecule has 2 aromatic rings. The first kappa shape index (κ1) is 13.4. The zero-order chi connectivity index (χ0) is 14.5. The van der Waals surface area contributed by atoms with Crippen molar-refractivity contribution in [3.8, 4) is 11.8 Å². The fourth-order valence-corrected chi connectivity index (χ4v) is 1.56. The molecule has 0 aliphatic rings. The van der Waals surface area contributed by atoms with Gasteiger partial charge in [-0.15, -0.1) is 0 Å². The molecule has 6 heteroatoms. The van der Waals surface area contributed by atoms with Crippen molar-refractivity contribution < 1.29 is 14.3 Å². The molecular formula is C14H10FN3O2. The Morgan fingerprint density at radius 1 is 1.20 bits per heavy atom. The van der Waals surface area contributed by atoms with Gasteiger partial charge in [-0.25, -0.2) is 9.18 Å². The Hall–Kier alpha value is -3.07. The van der Waals surface area contributed by atoms with Crippen LogP contribution in [0.2, 0.25) is 0 Å². The lowest BCUT2D eigenvalue weighted by atomic mass is 10.2. The second-order valence-electron chi connectivity index (χ2n) is 3.94. The van der Waals surface area contributed by atoms with Crippen molar-refractivity contribution >= 4 is 17.4 Å². The molecule has 0 saturated carbocycles. The summed E-state index contributed by atoms with van der Waals surface area (Å²) in [6.45, 7) is 0. The molecule has 0 aromatic heterocycles. The first-order valence-electron chi connectivity index (χ1n) is 5.65. The third-order valence-corrected chi connectivity index (χ3v) is 2.45. The van der Waals surface area contributed by atoms with Crippen LogP contribution in [0, 0.1) is 17.1 Å². The molecule has 2 aromatic carbocycles. The summed E-state index contributed by atoms with van der Waals surface area (Å²) in [6.07, 6.45) is 0. The molecule has 0 saturated heterocycles. The van der Waals surface area contributed by atoms with Gasteiger partial charge >= 0.3 is 6.03 Å². The van der Waals surface area contributed by atoms with Crippen LogP contribution in [0.1, 0.15) is 5.56 Å². The molecule has 2 rings (SSSR count). The third kappa shape index (κ3) is 3.23. The van der Waals surface area contributed by atoms with Crippen molar-refractivity contribution in [3.63, 3.8) is 0 Å². The van der Waals surface area contributed by atoms with Crippen LogP contribution in [-0.2, 0) is 0 Å². The number of carbonyl (C=O) groups excluding carboxylic acids is 1. The predicted octanol–water partition coefficient (Wildman–Crippen LogP) is 3.05. The van der Waals surface area contributed by atoms with Crippen LogP contribution in [0.25, 0.3) is 0 Å². The quantitative estimate of drug-likeness (QED) is 0.734. The summed E-state index contributed by atoms with van der Waals surface area (Å²) in [5.41, 5.74) is 0.760. The van der Waals surface area contributed by atoms with Gasteiger partial charge in [0.15, 0.2) is 0 Å². The fourth-order valence-electron chi connectivity index (χ4n) is 1.56. The first-order chi connectivity index (χ1) is 9.58. The number of urea groups is 1. The zero-order valence-corrected chi connectivity index (χ0v) is 10.2. The summed E-state index contributed by atoms with van der Waals surface area (Å²) < 4.78 is 13.4. The van der Waals surface area contributed by atoms with Crippen LogP contribution < -0.4 is 10.6 Å². The van der Waals surface area contributed by atoms with Crippen molar-refractivity contribution in [3.05, 3.63) is 53.8 Å². The maximum Gasteiger partial charge on any atom is 0.323 e. The van der Waals surface area contributed by atoms with Crippen molar-refractivity contribution in [1.82, 2.24) is 0 Å². The van der Waals surface area contributed by atoms with E-state index in [0.717, 1.165) is 6.07 Å². The number of aromatic hydroxyl groups is 1. The molecule has 20 heavy (non-hydrogen) atoms. The normalized spacial score (nSPS) is 9.60. The van der Waals surface area contributed by atoms with E-state index in [4.69, 9.17) is 10.4 Å². The highest BCUT2D eigenvalue weighted by Crippen LogP contribution is 2.19. The van der Waals surface area contributed by atoms with E-state index in [1.807, 2.05) is 6.07 Å². The maximum atomic E-state index is 13.4. The minimum absolute atomic E-state index is 0.0586. The molecule has 0 aliphatic carbocycles. The number of rotatable bonds is 2. The lowest BCUT2D eigenvalue weighted by Crippen LogP contribution is -2.20. The number of halogens is 1. The van der Waals surface area contributed by atoms with Gasteiger partial charge in [0.2, 0.25) is 0 Å². The number of nitriles is 1. The summed E-state index contributed by atoms with van der Waals surface area (Å²) >= 11 is 0. The van der Waals surface area contributed by atoms with E-state index in [9.17, 15) is 9.18 Å². The minimum Gasteiger partial charge on any atom is -0.508 e. The first-order valence-corrected chi connectivity index (χ1v) is 5.65. The Morgan fingerprint density at radius 2 is 2.00 bits per heavy atom. The molecule has 0 atom stereocenters. The number of hydrogen-bond acceptors (Lipinski definition) is 3. The van der Waals surface area contributed by atoms with Crippen molar-refractivity contribution in [2.75, 3.05) is 10.6 Å². The number of anilines is 2. The number of amides is 2. The average Bonchev–Trinajstić information content (AvgIpc) is 2.42. The number of phenols is 1. The predicted molar refractivity (Wildman–Crippen MR) is 71.9 cm³/mol. The second-order valence-corrected chi connectivity index (χ2v) is 3.94. The van der Waals surface area contributed by atoms with Crippen LogP contribution in [0.5, 0.6) is 5.75 Å². The van der Waals surface area contributed by atoms with Gasteiger partial charge in [0.05, 0.1) is 17.3 Å². The fraction of sp³-hybridized carbons (Fsp3) is 0. The van der Waals surface area contributed by atoms with Crippen LogP contribution in [0.3, 0.4) is 0 Å². The lowest BCUT2D eigenvalue weighted by Gasteiger charge is -2.08. The summed E-state index contributed by atoms with van der Waals surface area (Å²) in [4.78, 5) is 11.7. The van der Waals surface area contributed by atoms with E-state index in [-0.39, 0.29) is 11.4 Å². The van der Waals surface area contributed by atoms with Gasteiger partial charge < -0.3 is 15.7 Å². The summed E-state index contributed by atoms with van der Waals surface area (Å²) in [7, 11) is 0. The smallest absolute Gasteiger partial charge is 0.323 e. The summed E-state index contributed by atoms with van der Waals surface area (Å²) in [5.74, 6) is -0.971. The lowest BCUT2D eigenvalue weighted by molar-refractivity contribution is 0.262. The topological polar surface area (TPSA) is 85.2 Å². The van der Waals surface area contributed by atoms with Crippen LogP contribution in [-0.4, -0.2) is 11.1 Å². The van der Waals surface area contributed by atoms with Gasteiger partial charge in [-0.1, -0.05) is 6.07 Å². The molecule has 0 heterocycles. The molecule has 0 bridgehead atoms. The highest BCUT2D eigenvalue weighted by Gasteiger charge is 2.08.